The molecule has 0 saturated carbocycles. The molecule has 1 N–H and O–H groups in total. The molecule has 8 heteroatoms. The molecule has 0 spiro atoms. The largest absolute Gasteiger partial charge is 0.422 e. The molecular formula is C18H15BrN4O3. The lowest BCUT2D eigenvalue weighted by molar-refractivity contribution is -0.114. The number of halogens is 1. The van der Waals surface area contributed by atoms with Gasteiger partial charge >= 0.3 is 5.97 Å². The maximum atomic E-state index is 12.4. The number of carbonyl (C=O) groups is 2. The molecule has 1 amide bonds. The van der Waals surface area contributed by atoms with Crippen LogP contribution < -0.4 is 10.1 Å². The highest BCUT2D eigenvalue weighted by molar-refractivity contribution is 9.10. The van der Waals surface area contributed by atoms with Crippen LogP contribution in [0.5, 0.6) is 5.75 Å². The van der Waals surface area contributed by atoms with Crippen LogP contribution in [-0.2, 0) is 4.79 Å². The van der Waals surface area contributed by atoms with E-state index in [0.717, 1.165) is 10.2 Å². The average Bonchev–Trinajstić information content (AvgIpc) is 2.98. The van der Waals surface area contributed by atoms with Gasteiger partial charge in [0, 0.05) is 17.1 Å². The number of benzene rings is 2. The summed E-state index contributed by atoms with van der Waals surface area (Å²) in [6.07, 6.45) is 0. The first kappa shape index (κ1) is 17.8. The van der Waals surface area contributed by atoms with E-state index >= 15 is 0 Å². The number of anilines is 1. The van der Waals surface area contributed by atoms with Crippen molar-refractivity contribution in [3.63, 3.8) is 0 Å². The lowest BCUT2D eigenvalue weighted by Crippen LogP contribution is -2.11. The van der Waals surface area contributed by atoms with Crippen LogP contribution in [0.25, 0.3) is 5.69 Å². The van der Waals surface area contributed by atoms with Crippen LogP contribution in [-0.4, -0.2) is 26.9 Å². The summed E-state index contributed by atoms with van der Waals surface area (Å²) >= 11 is 3.41. The number of carbonyl (C=O) groups excluding carboxylic acids is 2. The summed E-state index contributed by atoms with van der Waals surface area (Å²) in [6, 6.07) is 14.0. The number of ether oxygens (including phenoxy) is 1. The fourth-order valence-corrected chi connectivity index (χ4v) is 2.72. The summed E-state index contributed by atoms with van der Waals surface area (Å²) in [7, 11) is 0. The number of esters is 1. The fourth-order valence-electron chi connectivity index (χ4n) is 2.34. The molecule has 7 nitrogen and oxygen atoms in total. The third-order valence-corrected chi connectivity index (χ3v) is 4.02. The van der Waals surface area contributed by atoms with Gasteiger partial charge in [0.25, 0.3) is 0 Å². The Bertz CT molecular complexity index is 967. The number of hydrogen-bond acceptors (Lipinski definition) is 5. The molecule has 0 unspecified atom stereocenters. The second-order valence-corrected chi connectivity index (χ2v) is 6.43. The highest BCUT2D eigenvalue weighted by atomic mass is 79.9. The second kappa shape index (κ2) is 7.49. The van der Waals surface area contributed by atoms with Crippen LogP contribution in [0.2, 0.25) is 0 Å². The number of hydrogen-bond donors (Lipinski definition) is 1. The van der Waals surface area contributed by atoms with E-state index in [4.69, 9.17) is 4.74 Å². The van der Waals surface area contributed by atoms with Crippen LogP contribution in [0, 0.1) is 6.92 Å². The second-order valence-electron chi connectivity index (χ2n) is 5.51. The number of amides is 1. The minimum Gasteiger partial charge on any atom is -0.422 e. The molecular weight excluding hydrogens is 400 g/mol. The average molecular weight is 415 g/mol. The quantitative estimate of drug-likeness (QED) is 0.521. The van der Waals surface area contributed by atoms with E-state index in [1.807, 2.05) is 24.3 Å². The van der Waals surface area contributed by atoms with Crippen LogP contribution in [0.3, 0.4) is 0 Å². The zero-order valence-corrected chi connectivity index (χ0v) is 15.6. The number of nitrogens with one attached hydrogen (secondary N) is 1. The van der Waals surface area contributed by atoms with E-state index in [2.05, 4.69) is 31.6 Å². The van der Waals surface area contributed by atoms with E-state index < -0.39 is 5.97 Å². The van der Waals surface area contributed by atoms with Gasteiger partial charge in [-0.1, -0.05) is 27.2 Å². The van der Waals surface area contributed by atoms with Crippen molar-refractivity contribution in [2.45, 2.75) is 13.8 Å². The van der Waals surface area contributed by atoms with Gasteiger partial charge in [0.2, 0.25) is 5.91 Å². The van der Waals surface area contributed by atoms with Crippen molar-refractivity contribution >= 4 is 33.5 Å². The van der Waals surface area contributed by atoms with E-state index in [1.165, 1.54) is 6.92 Å². The smallest absolute Gasteiger partial charge is 0.366 e. The lowest BCUT2D eigenvalue weighted by atomic mass is 10.3. The standard InChI is InChI=1S/C18H15BrN4O3/c1-11-17(21-22-23(11)15-5-3-4-13(19)10-15)18(25)26-16-8-6-14(7-9-16)20-12(2)24/h3-10H,1-2H3,(H,20,24). The van der Waals surface area contributed by atoms with Crippen LogP contribution in [0.1, 0.15) is 23.1 Å². The van der Waals surface area contributed by atoms with Gasteiger partial charge in [-0.25, -0.2) is 9.48 Å². The first-order valence-corrected chi connectivity index (χ1v) is 8.51. The maximum absolute atomic E-state index is 12.4. The van der Waals surface area contributed by atoms with Gasteiger partial charge in [0.15, 0.2) is 5.69 Å². The molecule has 0 radical (unpaired) electrons. The van der Waals surface area contributed by atoms with Crippen molar-refractivity contribution in [2.24, 2.45) is 0 Å². The van der Waals surface area contributed by atoms with Crippen molar-refractivity contribution in [3.8, 4) is 11.4 Å². The predicted octanol–water partition coefficient (Wildman–Crippen LogP) is 3.52. The molecule has 0 fully saturated rings. The molecule has 3 rings (SSSR count). The molecule has 0 saturated heterocycles. The predicted molar refractivity (Wildman–Crippen MR) is 99.5 cm³/mol. The Labute approximate surface area is 158 Å². The molecule has 0 aliphatic carbocycles. The summed E-state index contributed by atoms with van der Waals surface area (Å²) in [5.41, 5.74) is 2.11. The van der Waals surface area contributed by atoms with E-state index in [1.54, 1.807) is 35.9 Å². The Morgan fingerprint density at radius 1 is 1.15 bits per heavy atom. The first-order valence-electron chi connectivity index (χ1n) is 7.72. The van der Waals surface area contributed by atoms with Crippen LogP contribution in [0.15, 0.2) is 53.0 Å². The molecule has 1 aromatic heterocycles. The number of aromatic nitrogens is 3. The summed E-state index contributed by atoms with van der Waals surface area (Å²) in [5.74, 6) is -0.425. The van der Waals surface area contributed by atoms with Crippen molar-refractivity contribution in [1.82, 2.24) is 15.0 Å². The zero-order chi connectivity index (χ0) is 18.7. The normalized spacial score (nSPS) is 10.4. The zero-order valence-electron chi connectivity index (χ0n) is 14.1. The summed E-state index contributed by atoms with van der Waals surface area (Å²) < 4.78 is 7.80. The minimum atomic E-state index is -0.601. The van der Waals surface area contributed by atoms with Gasteiger partial charge in [0.05, 0.1) is 11.4 Å². The number of rotatable bonds is 4. The van der Waals surface area contributed by atoms with E-state index in [-0.39, 0.29) is 11.6 Å². The first-order chi connectivity index (χ1) is 12.4. The molecule has 0 aliphatic rings. The summed E-state index contributed by atoms with van der Waals surface area (Å²) in [4.78, 5) is 23.4. The van der Waals surface area contributed by atoms with Crippen molar-refractivity contribution < 1.29 is 14.3 Å². The Balaban J connectivity index is 1.77. The van der Waals surface area contributed by atoms with Gasteiger partial charge in [-0.15, -0.1) is 5.10 Å². The topological polar surface area (TPSA) is 86.1 Å². The van der Waals surface area contributed by atoms with E-state index in [0.29, 0.717) is 17.1 Å². The van der Waals surface area contributed by atoms with Gasteiger partial charge in [-0.3, -0.25) is 4.79 Å². The molecule has 132 valence electrons. The van der Waals surface area contributed by atoms with Gasteiger partial charge in [-0.2, -0.15) is 0 Å². The SMILES string of the molecule is CC(=O)Nc1ccc(OC(=O)c2nnn(-c3cccc(Br)c3)c2C)cc1. The molecule has 0 bridgehead atoms. The van der Waals surface area contributed by atoms with Crippen LogP contribution in [0.4, 0.5) is 5.69 Å². The van der Waals surface area contributed by atoms with Crippen LogP contribution >= 0.6 is 15.9 Å². The monoisotopic (exact) mass is 414 g/mol. The maximum Gasteiger partial charge on any atom is 0.366 e. The Kier molecular flexibility index (Phi) is 5.13. The summed E-state index contributed by atoms with van der Waals surface area (Å²) in [5, 5.41) is 10.6. The summed E-state index contributed by atoms with van der Waals surface area (Å²) in [6.45, 7) is 3.17. The van der Waals surface area contributed by atoms with E-state index in [9.17, 15) is 9.59 Å². The molecule has 26 heavy (non-hydrogen) atoms. The highest BCUT2D eigenvalue weighted by Crippen LogP contribution is 2.20. The van der Waals surface area contributed by atoms with Gasteiger partial charge in [0.1, 0.15) is 5.75 Å². The fraction of sp³-hybridized carbons (Fsp3) is 0.111. The Morgan fingerprint density at radius 2 is 1.88 bits per heavy atom. The Morgan fingerprint density at radius 3 is 2.54 bits per heavy atom. The third-order valence-electron chi connectivity index (χ3n) is 3.53. The highest BCUT2D eigenvalue weighted by Gasteiger charge is 2.19. The minimum absolute atomic E-state index is 0.135. The lowest BCUT2D eigenvalue weighted by Gasteiger charge is -2.06. The third kappa shape index (κ3) is 3.97. The molecule has 2 aromatic carbocycles. The molecule has 3 aromatic rings. The van der Waals surface area contributed by atoms with Crippen molar-refractivity contribution in [1.29, 1.82) is 0 Å². The number of nitrogens with zero attached hydrogens (tertiary/aromatic N) is 3. The molecule has 0 aliphatic heterocycles. The molecule has 1 heterocycles. The van der Waals surface area contributed by atoms with Gasteiger partial charge < -0.3 is 10.1 Å². The van der Waals surface area contributed by atoms with Crippen molar-refractivity contribution in [2.75, 3.05) is 5.32 Å². The van der Waals surface area contributed by atoms with Crippen molar-refractivity contribution in [3.05, 3.63) is 64.4 Å². The molecule has 0 atom stereocenters. The van der Waals surface area contributed by atoms with Gasteiger partial charge in [-0.05, 0) is 49.4 Å². The Hall–Kier alpha value is -3.00.